The molecule has 2 heterocycles. The van der Waals surface area contributed by atoms with Crippen molar-refractivity contribution < 1.29 is 9.90 Å². The van der Waals surface area contributed by atoms with Crippen LogP contribution in [0.2, 0.25) is 0 Å². The molecule has 0 saturated carbocycles. The van der Waals surface area contributed by atoms with Crippen LogP contribution in [0.15, 0.2) is 10.8 Å². The van der Waals surface area contributed by atoms with Crippen LogP contribution in [-0.4, -0.2) is 32.4 Å². The fourth-order valence-electron chi connectivity index (χ4n) is 1.68. The summed E-state index contributed by atoms with van der Waals surface area (Å²) in [6.07, 6.45) is 3.53. The minimum absolute atomic E-state index is 0.244. The van der Waals surface area contributed by atoms with E-state index in [-0.39, 0.29) is 5.56 Å². The van der Waals surface area contributed by atoms with E-state index in [4.69, 9.17) is 5.11 Å². The molecule has 0 unspecified atom stereocenters. The second-order valence-corrected chi connectivity index (χ2v) is 5.42. The van der Waals surface area contributed by atoms with Crippen LogP contribution < -0.4 is 0 Å². The van der Waals surface area contributed by atoms with Gasteiger partial charge in [0.05, 0.1) is 12.2 Å². The van der Waals surface area contributed by atoms with Crippen molar-refractivity contribution in [3.05, 3.63) is 16.4 Å². The van der Waals surface area contributed by atoms with Crippen molar-refractivity contribution in [1.29, 1.82) is 0 Å². The summed E-state index contributed by atoms with van der Waals surface area (Å²) < 4.78 is 2.38. The van der Waals surface area contributed by atoms with E-state index in [1.54, 1.807) is 4.68 Å². The molecule has 1 N–H and O–H groups in total. The first-order valence-electron chi connectivity index (χ1n) is 4.74. The SMILES string of the molecule is O=C(O)c1cnn(C2CCSCC2)c1Br. The Morgan fingerprint density at radius 1 is 1.60 bits per heavy atom. The van der Waals surface area contributed by atoms with Crippen molar-refractivity contribution >= 4 is 33.7 Å². The smallest absolute Gasteiger partial charge is 0.340 e. The molecule has 1 saturated heterocycles. The van der Waals surface area contributed by atoms with E-state index < -0.39 is 5.97 Å². The monoisotopic (exact) mass is 290 g/mol. The van der Waals surface area contributed by atoms with Crippen LogP contribution in [0.1, 0.15) is 29.2 Å². The summed E-state index contributed by atoms with van der Waals surface area (Å²) in [6.45, 7) is 0. The van der Waals surface area contributed by atoms with Crippen molar-refractivity contribution in [3.63, 3.8) is 0 Å². The van der Waals surface area contributed by atoms with Gasteiger partial charge in [-0.2, -0.15) is 16.9 Å². The van der Waals surface area contributed by atoms with E-state index in [1.165, 1.54) is 6.20 Å². The number of carboxylic acid groups (broad SMARTS) is 1. The lowest BCUT2D eigenvalue weighted by Crippen LogP contribution is -2.16. The molecule has 15 heavy (non-hydrogen) atoms. The van der Waals surface area contributed by atoms with Crippen molar-refractivity contribution in [2.45, 2.75) is 18.9 Å². The van der Waals surface area contributed by atoms with Crippen LogP contribution >= 0.6 is 27.7 Å². The molecule has 6 heteroatoms. The summed E-state index contributed by atoms with van der Waals surface area (Å²) >= 11 is 5.24. The zero-order valence-corrected chi connectivity index (χ0v) is 10.4. The van der Waals surface area contributed by atoms with E-state index in [9.17, 15) is 4.79 Å². The first-order valence-corrected chi connectivity index (χ1v) is 6.69. The summed E-state index contributed by atoms with van der Waals surface area (Å²) in [5.41, 5.74) is 0.244. The van der Waals surface area contributed by atoms with Crippen LogP contribution in [-0.2, 0) is 0 Å². The maximum absolute atomic E-state index is 10.8. The highest BCUT2D eigenvalue weighted by atomic mass is 79.9. The van der Waals surface area contributed by atoms with Crippen LogP contribution in [0.3, 0.4) is 0 Å². The van der Waals surface area contributed by atoms with Gasteiger partial charge in [-0.15, -0.1) is 0 Å². The zero-order chi connectivity index (χ0) is 10.8. The summed E-state index contributed by atoms with van der Waals surface area (Å²) in [7, 11) is 0. The normalized spacial score (nSPS) is 17.9. The Hall–Kier alpha value is -0.490. The predicted octanol–water partition coefficient (Wildman–Crippen LogP) is 2.41. The number of hydrogen-bond acceptors (Lipinski definition) is 3. The number of aromatic carboxylic acids is 1. The number of carbonyl (C=O) groups is 1. The lowest BCUT2D eigenvalue weighted by atomic mass is 10.2. The molecule has 2 rings (SSSR count). The molecule has 0 aromatic carbocycles. The van der Waals surface area contributed by atoms with Crippen LogP contribution in [0, 0.1) is 0 Å². The van der Waals surface area contributed by atoms with E-state index in [1.807, 2.05) is 11.8 Å². The standard InChI is InChI=1S/C9H11BrN2O2S/c10-8-7(9(13)14)5-11-12(8)6-1-3-15-4-2-6/h5-6H,1-4H2,(H,13,14). The van der Waals surface area contributed by atoms with Gasteiger partial charge in [0.2, 0.25) is 0 Å². The van der Waals surface area contributed by atoms with E-state index >= 15 is 0 Å². The van der Waals surface area contributed by atoms with Gasteiger partial charge in [-0.1, -0.05) is 0 Å². The van der Waals surface area contributed by atoms with Crippen LogP contribution in [0.4, 0.5) is 0 Å². The third kappa shape index (κ3) is 2.20. The minimum Gasteiger partial charge on any atom is -0.478 e. The summed E-state index contributed by atoms with van der Waals surface area (Å²) in [6, 6.07) is 0.341. The topological polar surface area (TPSA) is 55.1 Å². The van der Waals surface area contributed by atoms with Gasteiger partial charge in [0.1, 0.15) is 10.2 Å². The largest absolute Gasteiger partial charge is 0.478 e. The average Bonchev–Trinajstić information content (AvgIpc) is 2.61. The summed E-state index contributed by atoms with van der Waals surface area (Å²) in [5.74, 6) is 1.32. The van der Waals surface area contributed by atoms with Crippen molar-refractivity contribution in [2.75, 3.05) is 11.5 Å². The van der Waals surface area contributed by atoms with Gasteiger partial charge < -0.3 is 5.11 Å². The third-order valence-corrected chi connectivity index (χ3v) is 4.34. The number of aromatic nitrogens is 2. The fourth-order valence-corrected chi connectivity index (χ4v) is 3.41. The van der Waals surface area contributed by atoms with Gasteiger partial charge in [-0.3, -0.25) is 4.68 Å². The molecular formula is C9H11BrN2O2S. The summed E-state index contributed by atoms with van der Waals surface area (Å²) in [4.78, 5) is 10.8. The quantitative estimate of drug-likeness (QED) is 0.909. The molecule has 0 amide bonds. The highest BCUT2D eigenvalue weighted by Gasteiger charge is 2.22. The van der Waals surface area contributed by atoms with Crippen molar-refractivity contribution in [2.24, 2.45) is 0 Å². The first kappa shape index (κ1) is 11.0. The Morgan fingerprint density at radius 3 is 2.80 bits per heavy atom. The Labute approximate surface area is 100 Å². The van der Waals surface area contributed by atoms with E-state index in [2.05, 4.69) is 21.0 Å². The van der Waals surface area contributed by atoms with Gasteiger partial charge in [0, 0.05) is 0 Å². The third-order valence-electron chi connectivity index (χ3n) is 2.50. The maximum Gasteiger partial charge on any atom is 0.340 e. The predicted molar refractivity (Wildman–Crippen MR) is 62.5 cm³/mol. The maximum atomic E-state index is 10.8. The number of hydrogen-bond donors (Lipinski definition) is 1. The highest BCUT2D eigenvalue weighted by Crippen LogP contribution is 2.30. The second kappa shape index (κ2) is 4.57. The summed E-state index contributed by atoms with van der Waals surface area (Å²) in [5, 5.41) is 13.0. The first-order chi connectivity index (χ1) is 7.20. The number of rotatable bonds is 2. The molecule has 1 fully saturated rings. The lowest BCUT2D eigenvalue weighted by molar-refractivity contribution is 0.0695. The van der Waals surface area contributed by atoms with Gasteiger partial charge in [-0.05, 0) is 40.3 Å². The number of nitrogens with zero attached hydrogens (tertiary/aromatic N) is 2. The highest BCUT2D eigenvalue weighted by molar-refractivity contribution is 9.10. The molecular weight excluding hydrogens is 280 g/mol. The lowest BCUT2D eigenvalue weighted by Gasteiger charge is -2.22. The molecule has 0 aliphatic carbocycles. The van der Waals surface area contributed by atoms with Gasteiger partial charge >= 0.3 is 5.97 Å². The van der Waals surface area contributed by atoms with E-state index in [0.29, 0.717) is 10.6 Å². The molecule has 1 aliphatic heterocycles. The molecule has 0 atom stereocenters. The molecule has 1 aliphatic rings. The zero-order valence-electron chi connectivity index (χ0n) is 8.02. The fraction of sp³-hybridized carbons (Fsp3) is 0.556. The number of carboxylic acids is 1. The molecule has 0 bridgehead atoms. The number of halogens is 1. The van der Waals surface area contributed by atoms with Gasteiger partial charge in [0.25, 0.3) is 0 Å². The molecule has 1 aromatic heterocycles. The molecule has 1 aromatic rings. The van der Waals surface area contributed by atoms with Crippen molar-refractivity contribution in [3.8, 4) is 0 Å². The Kier molecular flexibility index (Phi) is 3.35. The molecule has 0 spiro atoms. The molecule has 82 valence electrons. The van der Waals surface area contributed by atoms with Crippen molar-refractivity contribution in [1.82, 2.24) is 9.78 Å². The Balaban J connectivity index is 2.24. The average molecular weight is 291 g/mol. The van der Waals surface area contributed by atoms with Crippen LogP contribution in [0.5, 0.6) is 0 Å². The second-order valence-electron chi connectivity index (χ2n) is 3.44. The number of thioether (sulfide) groups is 1. The Bertz CT molecular complexity index is 374. The molecule has 4 nitrogen and oxygen atoms in total. The minimum atomic E-state index is -0.932. The Morgan fingerprint density at radius 2 is 2.27 bits per heavy atom. The molecule has 0 radical (unpaired) electrons. The van der Waals surface area contributed by atoms with Gasteiger partial charge in [0.15, 0.2) is 0 Å². The van der Waals surface area contributed by atoms with Gasteiger partial charge in [-0.25, -0.2) is 4.79 Å². The van der Waals surface area contributed by atoms with Crippen LogP contribution in [0.25, 0.3) is 0 Å². The van der Waals surface area contributed by atoms with E-state index in [0.717, 1.165) is 24.3 Å².